The molecule has 1 aromatic carbocycles. The molecule has 4 rings (SSSR count). The monoisotopic (exact) mass is 555 g/mol. The predicted octanol–water partition coefficient (Wildman–Crippen LogP) is 3.65. The first-order valence-electron chi connectivity index (χ1n) is 15.4. The molecule has 2 bridgehead atoms. The summed E-state index contributed by atoms with van der Waals surface area (Å²) in [6.07, 6.45) is 8.63. The van der Waals surface area contributed by atoms with E-state index < -0.39 is 12.0 Å². The van der Waals surface area contributed by atoms with Gasteiger partial charge < -0.3 is 14.8 Å². The number of benzene rings is 1. The fraction of sp³-hybridized carbons (Fsp3) is 0.719. The fourth-order valence-electron chi connectivity index (χ4n) is 6.32. The van der Waals surface area contributed by atoms with E-state index in [4.69, 9.17) is 9.47 Å². The van der Waals surface area contributed by atoms with Crippen LogP contribution >= 0.6 is 0 Å². The SMILES string of the molecule is CN(C)[C@H]1Cc2cccc(c2)OCCCC[C@@H](C(=O)CC2CCCC2)NC(=O)[C@H](CCN2CCOCC2)CC1=O. The van der Waals surface area contributed by atoms with Crippen molar-refractivity contribution < 1.29 is 23.9 Å². The van der Waals surface area contributed by atoms with Crippen LogP contribution in [0.1, 0.15) is 69.8 Å². The summed E-state index contributed by atoms with van der Waals surface area (Å²) in [6, 6.07) is 7.13. The number of nitrogens with zero attached hydrogens (tertiary/aromatic N) is 2. The number of morpholine rings is 1. The molecular formula is C32H49N3O5. The van der Waals surface area contributed by atoms with Crippen molar-refractivity contribution in [2.24, 2.45) is 11.8 Å². The van der Waals surface area contributed by atoms with Crippen LogP contribution in [0, 0.1) is 11.8 Å². The van der Waals surface area contributed by atoms with Crippen molar-refractivity contribution in [3.8, 4) is 5.75 Å². The Morgan fingerprint density at radius 3 is 2.50 bits per heavy atom. The molecule has 2 heterocycles. The first kappa shape index (κ1) is 30.7. The largest absolute Gasteiger partial charge is 0.494 e. The first-order valence-corrected chi connectivity index (χ1v) is 15.4. The quantitative estimate of drug-likeness (QED) is 0.550. The van der Waals surface area contributed by atoms with Gasteiger partial charge in [0.05, 0.1) is 31.9 Å². The summed E-state index contributed by atoms with van der Waals surface area (Å²) in [5.41, 5.74) is 1.04. The van der Waals surface area contributed by atoms with Gasteiger partial charge in [-0.1, -0.05) is 37.8 Å². The van der Waals surface area contributed by atoms with Crippen molar-refractivity contribution in [3.05, 3.63) is 29.8 Å². The van der Waals surface area contributed by atoms with E-state index in [0.717, 1.165) is 56.6 Å². The van der Waals surface area contributed by atoms with E-state index in [-0.39, 0.29) is 29.9 Å². The van der Waals surface area contributed by atoms with Gasteiger partial charge in [0.15, 0.2) is 11.6 Å². The van der Waals surface area contributed by atoms with E-state index in [1.54, 1.807) is 0 Å². The van der Waals surface area contributed by atoms with Gasteiger partial charge in [0, 0.05) is 31.8 Å². The Balaban J connectivity index is 1.54. The second kappa shape index (κ2) is 15.6. The molecular weight excluding hydrogens is 506 g/mol. The number of hydrogen-bond acceptors (Lipinski definition) is 7. The zero-order valence-corrected chi connectivity index (χ0v) is 24.6. The number of ether oxygens (including phenoxy) is 2. The molecule has 1 amide bonds. The molecule has 1 N–H and O–H groups in total. The Hall–Kier alpha value is -2.29. The van der Waals surface area contributed by atoms with Gasteiger partial charge in [-0.05, 0) is 76.4 Å². The molecule has 0 radical (unpaired) electrons. The van der Waals surface area contributed by atoms with Crippen LogP contribution in [0.2, 0.25) is 0 Å². The lowest BCUT2D eigenvalue weighted by Crippen LogP contribution is -2.47. The second-order valence-electron chi connectivity index (χ2n) is 12.2. The van der Waals surface area contributed by atoms with E-state index >= 15 is 0 Å². The summed E-state index contributed by atoms with van der Waals surface area (Å²) in [5, 5.41) is 3.14. The van der Waals surface area contributed by atoms with Gasteiger partial charge in [-0.2, -0.15) is 0 Å². The molecule has 0 aromatic heterocycles. The Morgan fingerprint density at radius 2 is 1.75 bits per heavy atom. The molecule has 3 aliphatic rings. The Kier molecular flexibility index (Phi) is 12.0. The molecule has 8 nitrogen and oxygen atoms in total. The molecule has 2 aliphatic heterocycles. The average molecular weight is 556 g/mol. The lowest BCUT2D eigenvalue weighted by Gasteiger charge is -2.30. The Labute approximate surface area is 240 Å². The minimum absolute atomic E-state index is 0.0550. The predicted molar refractivity (Wildman–Crippen MR) is 155 cm³/mol. The fourth-order valence-corrected chi connectivity index (χ4v) is 6.32. The molecule has 3 atom stereocenters. The normalized spacial score (nSPS) is 26.4. The van der Waals surface area contributed by atoms with Crippen molar-refractivity contribution in [3.63, 3.8) is 0 Å². The van der Waals surface area contributed by atoms with E-state index in [1.807, 2.05) is 43.3 Å². The van der Waals surface area contributed by atoms with Crippen LogP contribution in [0.15, 0.2) is 24.3 Å². The molecule has 1 saturated carbocycles. The van der Waals surface area contributed by atoms with Crippen molar-refractivity contribution in [2.45, 2.75) is 82.7 Å². The molecule has 0 spiro atoms. The maximum Gasteiger partial charge on any atom is 0.224 e. The molecule has 8 heteroatoms. The summed E-state index contributed by atoms with van der Waals surface area (Å²) in [5.74, 6) is 0.801. The molecule has 40 heavy (non-hydrogen) atoms. The Bertz CT molecular complexity index is 971. The van der Waals surface area contributed by atoms with Gasteiger partial charge in [-0.15, -0.1) is 0 Å². The number of fused-ring (bicyclic) bond motifs is 2. The van der Waals surface area contributed by atoms with E-state index in [0.29, 0.717) is 51.4 Å². The van der Waals surface area contributed by atoms with E-state index in [9.17, 15) is 14.4 Å². The number of amides is 1. The van der Waals surface area contributed by atoms with Gasteiger partial charge in [-0.25, -0.2) is 0 Å². The summed E-state index contributed by atoms with van der Waals surface area (Å²) in [6.45, 7) is 4.35. The number of rotatable bonds is 7. The Morgan fingerprint density at radius 1 is 1.00 bits per heavy atom. The molecule has 1 aliphatic carbocycles. The van der Waals surface area contributed by atoms with Gasteiger partial charge in [0.25, 0.3) is 0 Å². The number of hydrogen-bond donors (Lipinski definition) is 1. The summed E-state index contributed by atoms with van der Waals surface area (Å²) >= 11 is 0. The van der Waals surface area contributed by atoms with Crippen molar-refractivity contribution in [2.75, 3.05) is 53.6 Å². The maximum absolute atomic E-state index is 13.8. The third-order valence-electron chi connectivity index (χ3n) is 8.86. The molecule has 1 aromatic rings. The van der Waals surface area contributed by atoms with Gasteiger partial charge in [0.2, 0.25) is 5.91 Å². The number of carbonyl (C=O) groups excluding carboxylic acids is 3. The van der Waals surface area contributed by atoms with Crippen molar-refractivity contribution >= 4 is 17.5 Å². The minimum atomic E-state index is -0.505. The van der Waals surface area contributed by atoms with Gasteiger partial charge >= 0.3 is 0 Å². The minimum Gasteiger partial charge on any atom is -0.494 e. The third kappa shape index (κ3) is 9.38. The van der Waals surface area contributed by atoms with Crippen molar-refractivity contribution in [1.82, 2.24) is 15.1 Å². The highest BCUT2D eigenvalue weighted by Gasteiger charge is 2.32. The highest BCUT2D eigenvalue weighted by atomic mass is 16.5. The van der Waals surface area contributed by atoms with Crippen LogP contribution in [-0.4, -0.2) is 92.9 Å². The number of nitrogens with one attached hydrogen (secondary N) is 1. The zero-order valence-electron chi connectivity index (χ0n) is 24.6. The highest BCUT2D eigenvalue weighted by Crippen LogP contribution is 2.29. The van der Waals surface area contributed by atoms with E-state index in [1.165, 1.54) is 12.8 Å². The molecule has 222 valence electrons. The van der Waals surface area contributed by atoms with Crippen LogP contribution in [-0.2, 0) is 25.5 Å². The molecule has 0 unspecified atom stereocenters. The first-order chi connectivity index (χ1) is 19.4. The smallest absolute Gasteiger partial charge is 0.224 e. The van der Waals surface area contributed by atoms with Crippen molar-refractivity contribution in [1.29, 1.82) is 0 Å². The van der Waals surface area contributed by atoms with Crippen LogP contribution < -0.4 is 10.1 Å². The second-order valence-corrected chi connectivity index (χ2v) is 12.2. The number of Topliss-reactive ketones (excluding diaryl/α,β-unsaturated/α-hetero) is 2. The number of ketones is 2. The summed E-state index contributed by atoms with van der Waals surface area (Å²) < 4.78 is 11.5. The van der Waals surface area contributed by atoms with Crippen LogP contribution in [0.3, 0.4) is 0 Å². The van der Waals surface area contributed by atoms with Gasteiger partial charge in [0.1, 0.15) is 5.75 Å². The summed E-state index contributed by atoms with van der Waals surface area (Å²) in [7, 11) is 3.84. The topological polar surface area (TPSA) is 88.2 Å². The van der Waals surface area contributed by atoms with Crippen LogP contribution in [0.25, 0.3) is 0 Å². The standard InChI is InChI=1S/C32H49N3O5/c1-34(2)29-21-25-10-7-11-27(20-25)40-17-6-5-12-28(30(36)22-24-8-3-4-9-24)33-32(38)26(23-31(29)37)13-14-35-15-18-39-19-16-35/h7,10-11,20,24,26,28-29H,3-6,8-9,12-19,21-23H2,1-2H3,(H,33,38)/t26-,28+,29+/m1/s1. The maximum atomic E-state index is 13.8. The zero-order chi connectivity index (χ0) is 28.3. The average Bonchev–Trinajstić information content (AvgIpc) is 3.46. The van der Waals surface area contributed by atoms with Gasteiger partial charge in [-0.3, -0.25) is 24.2 Å². The number of carbonyl (C=O) groups is 3. The lowest BCUT2D eigenvalue weighted by atomic mass is 9.90. The van der Waals surface area contributed by atoms with Crippen LogP contribution in [0.5, 0.6) is 5.75 Å². The lowest BCUT2D eigenvalue weighted by molar-refractivity contribution is -0.134. The third-order valence-corrected chi connectivity index (χ3v) is 8.86. The molecule has 1 saturated heterocycles. The molecule has 2 fully saturated rings. The highest BCUT2D eigenvalue weighted by molar-refractivity contribution is 5.93. The van der Waals surface area contributed by atoms with Crippen LogP contribution in [0.4, 0.5) is 0 Å². The number of likely N-dealkylation sites (N-methyl/N-ethyl adjacent to an activating group) is 1. The van der Waals surface area contributed by atoms with E-state index in [2.05, 4.69) is 10.2 Å². The summed E-state index contributed by atoms with van der Waals surface area (Å²) in [4.78, 5) is 45.2.